The van der Waals surface area contributed by atoms with Crippen molar-refractivity contribution in [3.63, 3.8) is 0 Å². The molecule has 2 saturated heterocycles. The van der Waals surface area contributed by atoms with E-state index in [-0.39, 0.29) is 10.8 Å². The minimum Gasteiger partial charge on any atom is -0.381 e. The van der Waals surface area contributed by atoms with Gasteiger partial charge >= 0.3 is 0 Å². The average Bonchev–Trinajstić information content (AvgIpc) is 3.74. The van der Waals surface area contributed by atoms with Gasteiger partial charge < -0.3 is 28.4 Å². The highest BCUT2D eigenvalue weighted by Crippen LogP contribution is 2.45. The number of ether oxygens (including phenoxy) is 6. The van der Waals surface area contributed by atoms with Crippen molar-refractivity contribution in [2.75, 3.05) is 66.1 Å². The first-order valence-corrected chi connectivity index (χ1v) is 26.4. The molecule has 8 aromatic rings. The van der Waals surface area contributed by atoms with Gasteiger partial charge in [0.1, 0.15) is 0 Å². The molecule has 0 radical (unpaired) electrons. The van der Waals surface area contributed by atoms with Crippen LogP contribution in [0.3, 0.4) is 0 Å². The first kappa shape index (κ1) is 47.7. The van der Waals surface area contributed by atoms with Gasteiger partial charge in [-0.15, -0.1) is 11.3 Å². The van der Waals surface area contributed by atoms with Crippen molar-refractivity contribution in [1.82, 2.24) is 0 Å². The third-order valence-corrected chi connectivity index (χ3v) is 16.0. The number of thiophene rings is 1. The molecule has 10 rings (SSSR count). The highest BCUT2D eigenvalue weighted by atomic mass is 32.1. The summed E-state index contributed by atoms with van der Waals surface area (Å²) in [4.78, 5) is 0. The topological polar surface area (TPSA) is 55.4 Å². The maximum atomic E-state index is 6.21. The zero-order valence-corrected chi connectivity index (χ0v) is 41.5. The Morgan fingerprint density at radius 1 is 0.435 bits per heavy atom. The smallest absolute Gasteiger partial charge is 0.0717 e. The Labute approximate surface area is 412 Å². The Bertz CT molecular complexity index is 2880. The molecule has 7 heteroatoms. The van der Waals surface area contributed by atoms with E-state index in [0.29, 0.717) is 13.2 Å². The zero-order chi connectivity index (χ0) is 46.9. The van der Waals surface area contributed by atoms with Crippen molar-refractivity contribution in [3.8, 4) is 33.4 Å². The molecular weight excluding hydrogens is 873 g/mol. The third-order valence-electron chi connectivity index (χ3n) is 14.9. The summed E-state index contributed by atoms with van der Waals surface area (Å²) in [5.41, 5.74) is 10.4. The van der Waals surface area contributed by atoms with Gasteiger partial charge in [0.25, 0.3) is 0 Å². The number of benzene rings is 7. The maximum Gasteiger partial charge on any atom is 0.0717 e. The first-order chi connectivity index (χ1) is 34.1. The third kappa shape index (κ3) is 10.7. The molecule has 0 amide bonds. The average molecular weight is 941 g/mol. The van der Waals surface area contributed by atoms with Crippen molar-refractivity contribution in [1.29, 1.82) is 0 Å². The monoisotopic (exact) mass is 940 g/mol. The summed E-state index contributed by atoms with van der Waals surface area (Å²) in [7, 11) is 0. The number of rotatable bonds is 25. The molecule has 3 heterocycles. The summed E-state index contributed by atoms with van der Waals surface area (Å²) in [6.07, 6.45) is 8.71. The molecule has 0 spiro atoms. The maximum absolute atomic E-state index is 6.21. The van der Waals surface area contributed by atoms with E-state index in [9.17, 15) is 0 Å². The molecule has 358 valence electrons. The van der Waals surface area contributed by atoms with Gasteiger partial charge in [-0.05, 0) is 136 Å². The minimum absolute atomic E-state index is 0.261. The Kier molecular flexibility index (Phi) is 15.5. The lowest BCUT2D eigenvalue weighted by molar-refractivity contribution is -0.150. The molecule has 0 bridgehead atoms. The van der Waals surface area contributed by atoms with E-state index in [4.69, 9.17) is 28.4 Å². The van der Waals surface area contributed by atoms with Crippen LogP contribution in [0, 0.1) is 10.8 Å². The van der Waals surface area contributed by atoms with Gasteiger partial charge in [-0.3, -0.25) is 0 Å². The minimum atomic E-state index is 0.261. The largest absolute Gasteiger partial charge is 0.381 e. The zero-order valence-electron chi connectivity index (χ0n) is 40.7. The number of hydrogen-bond acceptors (Lipinski definition) is 7. The summed E-state index contributed by atoms with van der Waals surface area (Å²) in [6, 6.07) is 49.7. The van der Waals surface area contributed by atoms with Gasteiger partial charge in [0, 0.05) is 57.4 Å². The summed E-state index contributed by atoms with van der Waals surface area (Å²) in [5.74, 6) is 0. The van der Waals surface area contributed by atoms with Crippen molar-refractivity contribution in [3.05, 3.63) is 145 Å². The molecule has 2 fully saturated rings. The molecule has 0 N–H and O–H groups in total. The number of unbranched alkanes of at least 4 members (excludes halogenated alkanes) is 4. The Morgan fingerprint density at radius 2 is 0.899 bits per heavy atom. The number of hydrogen-bond donors (Lipinski definition) is 0. The van der Waals surface area contributed by atoms with Gasteiger partial charge in [-0.2, -0.15) is 0 Å². The Morgan fingerprint density at radius 3 is 1.39 bits per heavy atom. The molecule has 0 saturated carbocycles. The van der Waals surface area contributed by atoms with Crippen molar-refractivity contribution in [2.45, 2.75) is 78.4 Å². The van der Waals surface area contributed by atoms with E-state index < -0.39 is 0 Å². The van der Waals surface area contributed by atoms with Crippen molar-refractivity contribution >= 4 is 53.1 Å². The van der Waals surface area contributed by atoms with E-state index in [2.05, 4.69) is 147 Å². The van der Waals surface area contributed by atoms with Crippen molar-refractivity contribution < 1.29 is 28.4 Å². The van der Waals surface area contributed by atoms with Crippen LogP contribution < -0.4 is 0 Å². The van der Waals surface area contributed by atoms with E-state index >= 15 is 0 Å². The number of fused-ring (bicyclic) bond motifs is 5. The summed E-state index contributed by atoms with van der Waals surface area (Å²) < 4.78 is 37.8. The van der Waals surface area contributed by atoms with Crippen LogP contribution in [-0.4, -0.2) is 66.1 Å². The molecule has 2 aliphatic rings. The highest BCUT2D eigenvalue weighted by Gasteiger charge is 2.37. The van der Waals surface area contributed by atoms with Crippen LogP contribution in [0.15, 0.2) is 133 Å². The second-order valence-electron chi connectivity index (χ2n) is 19.8. The van der Waals surface area contributed by atoms with Gasteiger partial charge in [0.05, 0.1) is 52.9 Å². The molecule has 1 aromatic heterocycles. The van der Waals surface area contributed by atoms with Crippen LogP contribution in [0.1, 0.15) is 76.3 Å². The summed E-state index contributed by atoms with van der Waals surface area (Å²) in [5, 5.41) is 7.65. The predicted molar refractivity (Wildman–Crippen MR) is 286 cm³/mol. The van der Waals surface area contributed by atoms with Crippen LogP contribution in [-0.2, 0) is 41.6 Å². The van der Waals surface area contributed by atoms with E-state index in [1.165, 1.54) is 86.2 Å². The SMILES string of the molecule is CCC1(COCCCCCOCc2ccc(-c3c4ccccc4c(-c4ccc(-c5cccc6sc7ccc(COCCCCCOCC8(CC)COC8)cc7c56)cc4)c4ccccc34)cc2)COC1. The predicted octanol–water partition coefficient (Wildman–Crippen LogP) is 15.6. The molecule has 69 heavy (non-hydrogen) atoms. The second kappa shape index (κ2) is 22.4. The fourth-order valence-corrected chi connectivity index (χ4v) is 11.3. The Balaban J connectivity index is 0.797. The molecule has 0 aliphatic carbocycles. The van der Waals surface area contributed by atoms with Crippen LogP contribution >= 0.6 is 11.3 Å². The molecular formula is C62H68O6S. The van der Waals surface area contributed by atoms with Gasteiger partial charge in [-0.1, -0.05) is 129 Å². The van der Waals surface area contributed by atoms with Crippen LogP contribution in [0.4, 0.5) is 0 Å². The van der Waals surface area contributed by atoms with E-state index in [1.54, 1.807) is 0 Å². The van der Waals surface area contributed by atoms with Gasteiger partial charge in [0.2, 0.25) is 0 Å². The normalized spacial score (nSPS) is 15.3. The fourth-order valence-electron chi connectivity index (χ4n) is 10.2. The summed E-state index contributed by atoms with van der Waals surface area (Å²) in [6.45, 7) is 13.9. The van der Waals surface area contributed by atoms with E-state index in [0.717, 1.165) is 117 Å². The molecule has 7 aromatic carbocycles. The highest BCUT2D eigenvalue weighted by molar-refractivity contribution is 7.25. The van der Waals surface area contributed by atoms with Crippen LogP contribution in [0.25, 0.3) is 75.1 Å². The van der Waals surface area contributed by atoms with Crippen molar-refractivity contribution in [2.24, 2.45) is 10.8 Å². The lowest BCUT2D eigenvalue weighted by Gasteiger charge is -2.40. The van der Waals surface area contributed by atoms with Gasteiger partial charge in [0.15, 0.2) is 0 Å². The fraction of sp³-hybridized carbons (Fsp3) is 0.387. The van der Waals surface area contributed by atoms with Crippen LogP contribution in [0.5, 0.6) is 0 Å². The molecule has 6 nitrogen and oxygen atoms in total. The molecule has 0 unspecified atom stereocenters. The lowest BCUT2D eigenvalue weighted by Crippen LogP contribution is -2.45. The standard InChI is InChI=1S/C62H68O6S/c1-3-61(41-67-42-61)39-65-34-13-5-11-32-63-37-45-22-25-48(26-23-45)58-51-16-7-9-18-53(51)59(54-19-10-8-17-52(54)58)49-29-27-47(28-30-49)50-20-15-21-57-60(50)55-36-46(24-31-56(55)69-57)38-64-33-12-6-14-35-66-40-62(4-2)43-68-44-62/h7-10,15-31,36H,3-6,11-14,32-35,37-44H2,1-2H3. The molecule has 0 atom stereocenters. The van der Waals surface area contributed by atoms with Gasteiger partial charge in [-0.25, -0.2) is 0 Å². The lowest BCUT2D eigenvalue weighted by atomic mass is 9.84. The van der Waals surface area contributed by atoms with Crippen LogP contribution in [0.2, 0.25) is 0 Å². The Hall–Kier alpha value is -4.96. The molecule has 2 aliphatic heterocycles. The van der Waals surface area contributed by atoms with E-state index in [1.807, 2.05) is 11.3 Å². The quantitative estimate of drug-likeness (QED) is 0.0420. The summed E-state index contributed by atoms with van der Waals surface area (Å²) >= 11 is 1.87. The second-order valence-corrected chi connectivity index (χ2v) is 20.8. The first-order valence-electron chi connectivity index (χ1n) is 25.6.